The number of hydrogen-bond acceptors (Lipinski definition) is 5. The van der Waals surface area contributed by atoms with Gasteiger partial charge in [0.2, 0.25) is 0 Å². The number of carbonyl (C=O) groups excluding carboxylic acids is 1. The molecule has 3 atom stereocenters. The van der Waals surface area contributed by atoms with Crippen LogP contribution in [0.1, 0.15) is 48.2 Å². The predicted octanol–water partition coefficient (Wildman–Crippen LogP) is 4.50. The van der Waals surface area contributed by atoms with E-state index in [0.717, 1.165) is 41.8 Å². The molecule has 1 N–H and O–H groups in total. The minimum absolute atomic E-state index is 0.0200. The molecule has 2 fully saturated rings. The second kappa shape index (κ2) is 7.93. The molecule has 1 saturated heterocycles. The summed E-state index contributed by atoms with van der Waals surface area (Å²) in [4.78, 5) is 24.2. The van der Waals surface area contributed by atoms with Gasteiger partial charge in [-0.3, -0.25) is 9.78 Å². The fourth-order valence-corrected chi connectivity index (χ4v) is 5.95. The van der Waals surface area contributed by atoms with E-state index in [1.54, 1.807) is 12.4 Å². The van der Waals surface area contributed by atoms with Crippen LogP contribution in [0.3, 0.4) is 0 Å². The predicted molar refractivity (Wildman–Crippen MR) is 117 cm³/mol. The van der Waals surface area contributed by atoms with E-state index in [2.05, 4.69) is 9.97 Å². The molecule has 2 aliphatic rings. The number of aromatic nitrogens is 2. The van der Waals surface area contributed by atoms with Crippen molar-refractivity contribution >= 4 is 17.2 Å². The number of amides is 1. The molecule has 5 nitrogen and oxygen atoms in total. The highest BCUT2D eigenvalue weighted by molar-refractivity contribution is 7.13. The summed E-state index contributed by atoms with van der Waals surface area (Å²) in [6.07, 6.45) is 8.12. The van der Waals surface area contributed by atoms with Crippen LogP contribution in [0.4, 0.5) is 0 Å². The highest BCUT2D eigenvalue weighted by Crippen LogP contribution is 2.47. The molecule has 1 aromatic carbocycles. The number of hydrogen-bond donors (Lipinski definition) is 1. The highest BCUT2D eigenvalue weighted by Gasteiger charge is 2.50. The monoisotopic (exact) mass is 419 g/mol. The quantitative estimate of drug-likeness (QED) is 0.679. The molecule has 30 heavy (non-hydrogen) atoms. The molecule has 1 aliphatic carbocycles. The maximum Gasteiger partial charge on any atom is 0.273 e. The van der Waals surface area contributed by atoms with Crippen LogP contribution in [0, 0.1) is 5.92 Å². The number of thiazole rings is 1. The summed E-state index contributed by atoms with van der Waals surface area (Å²) >= 11 is 1.47. The van der Waals surface area contributed by atoms with Gasteiger partial charge in [-0.2, -0.15) is 0 Å². The van der Waals surface area contributed by atoms with E-state index in [9.17, 15) is 9.90 Å². The molecule has 6 heteroatoms. The number of nitrogens with zero attached hydrogens (tertiary/aromatic N) is 3. The number of aliphatic hydroxyl groups is 1. The number of rotatable bonds is 3. The van der Waals surface area contributed by atoms with Crippen LogP contribution < -0.4 is 0 Å². The Morgan fingerprint density at radius 1 is 1.13 bits per heavy atom. The van der Waals surface area contributed by atoms with E-state index >= 15 is 0 Å². The van der Waals surface area contributed by atoms with Crippen LogP contribution in [-0.4, -0.2) is 38.5 Å². The summed E-state index contributed by atoms with van der Waals surface area (Å²) in [5.41, 5.74) is 1.52. The van der Waals surface area contributed by atoms with Crippen molar-refractivity contribution in [1.82, 2.24) is 14.9 Å². The zero-order valence-corrected chi connectivity index (χ0v) is 17.6. The Balaban J connectivity index is 1.42. The number of piperidine rings is 1. The lowest BCUT2D eigenvalue weighted by Crippen LogP contribution is -2.59. The second-order valence-corrected chi connectivity index (χ2v) is 9.13. The lowest BCUT2D eigenvalue weighted by molar-refractivity contribution is -0.110. The van der Waals surface area contributed by atoms with E-state index in [-0.39, 0.29) is 17.9 Å². The Morgan fingerprint density at radius 3 is 2.77 bits per heavy atom. The van der Waals surface area contributed by atoms with Gasteiger partial charge in [0.05, 0.1) is 5.60 Å². The van der Waals surface area contributed by atoms with Crippen molar-refractivity contribution in [2.24, 2.45) is 5.92 Å². The molecular weight excluding hydrogens is 394 g/mol. The van der Waals surface area contributed by atoms with Crippen molar-refractivity contribution in [3.05, 3.63) is 71.5 Å². The molecule has 2 aromatic heterocycles. The highest BCUT2D eigenvalue weighted by atomic mass is 32.1. The van der Waals surface area contributed by atoms with E-state index in [1.165, 1.54) is 11.3 Å². The van der Waals surface area contributed by atoms with Gasteiger partial charge in [-0.05, 0) is 37.0 Å². The van der Waals surface area contributed by atoms with Crippen LogP contribution in [0.5, 0.6) is 0 Å². The Kier molecular flexibility index (Phi) is 5.13. The fraction of sp³-hybridized carbons (Fsp3) is 0.375. The van der Waals surface area contributed by atoms with Crippen LogP contribution in [0.15, 0.2) is 60.2 Å². The van der Waals surface area contributed by atoms with Gasteiger partial charge in [-0.25, -0.2) is 4.98 Å². The lowest BCUT2D eigenvalue weighted by Gasteiger charge is -2.52. The largest absolute Gasteiger partial charge is 0.385 e. The van der Waals surface area contributed by atoms with Gasteiger partial charge in [-0.1, -0.05) is 43.2 Å². The Bertz CT molecular complexity index is 1020. The van der Waals surface area contributed by atoms with E-state index in [1.807, 2.05) is 52.7 Å². The minimum Gasteiger partial charge on any atom is -0.385 e. The third-order valence-electron chi connectivity index (χ3n) is 6.64. The number of fused-ring (bicyclic) bond motifs is 1. The third-order valence-corrected chi connectivity index (χ3v) is 7.53. The minimum atomic E-state index is -0.869. The number of likely N-dealkylation sites (tertiary alicyclic amines) is 1. The average Bonchev–Trinajstić information content (AvgIpc) is 3.31. The zero-order chi connectivity index (χ0) is 20.6. The first-order chi connectivity index (χ1) is 14.7. The van der Waals surface area contributed by atoms with Gasteiger partial charge in [-0.15, -0.1) is 11.3 Å². The Morgan fingerprint density at radius 2 is 1.97 bits per heavy atom. The Labute approximate surface area is 180 Å². The molecular formula is C24H25N3O2S. The molecule has 1 aliphatic heterocycles. The first kappa shape index (κ1) is 19.4. The summed E-state index contributed by atoms with van der Waals surface area (Å²) in [5, 5.41) is 14.4. The van der Waals surface area contributed by atoms with Crippen molar-refractivity contribution in [3.63, 3.8) is 0 Å². The second-order valence-electron chi connectivity index (χ2n) is 8.28. The van der Waals surface area contributed by atoms with Crippen LogP contribution in [0.2, 0.25) is 0 Å². The summed E-state index contributed by atoms with van der Waals surface area (Å²) in [5.74, 6) is 0.0381. The molecule has 3 heterocycles. The van der Waals surface area contributed by atoms with E-state index < -0.39 is 5.60 Å². The number of carbonyl (C=O) groups is 1. The van der Waals surface area contributed by atoms with Gasteiger partial charge in [0.1, 0.15) is 10.7 Å². The van der Waals surface area contributed by atoms with Gasteiger partial charge in [0, 0.05) is 41.8 Å². The third kappa shape index (κ3) is 3.34. The molecule has 0 unspecified atom stereocenters. The lowest BCUT2D eigenvalue weighted by atomic mass is 9.66. The Hall–Kier alpha value is -2.57. The maximum atomic E-state index is 13.4. The van der Waals surface area contributed by atoms with Gasteiger partial charge in [0.25, 0.3) is 5.91 Å². The van der Waals surface area contributed by atoms with Crippen molar-refractivity contribution in [3.8, 4) is 10.6 Å². The van der Waals surface area contributed by atoms with Crippen LogP contribution in [0.25, 0.3) is 10.6 Å². The summed E-state index contributed by atoms with van der Waals surface area (Å²) in [6.45, 7) is 0.547. The molecule has 0 spiro atoms. The molecule has 154 valence electrons. The normalized spacial score (nSPS) is 26.2. The molecule has 1 amide bonds. The first-order valence-corrected chi connectivity index (χ1v) is 11.5. The summed E-state index contributed by atoms with van der Waals surface area (Å²) < 4.78 is 0. The number of benzene rings is 1. The number of pyridine rings is 1. The first-order valence-electron chi connectivity index (χ1n) is 10.6. The van der Waals surface area contributed by atoms with E-state index in [0.29, 0.717) is 18.7 Å². The molecule has 5 rings (SSSR count). The molecule has 0 radical (unpaired) electrons. The summed E-state index contributed by atoms with van der Waals surface area (Å²) in [6, 6.07) is 13.9. The van der Waals surface area contributed by atoms with Crippen molar-refractivity contribution in [1.29, 1.82) is 0 Å². The standard InChI is InChI=1S/C24H25N3O2S/c28-23(20-16-30-22(26-20)17-7-6-13-25-15-17)27-14-12-24(29,18-8-2-1-3-9-18)19-10-4-5-11-21(19)27/h1-3,6-9,13,15-16,19,21,29H,4-5,10-12,14H2/t19-,21+,24-/m0/s1. The molecule has 0 bridgehead atoms. The van der Waals surface area contributed by atoms with E-state index in [4.69, 9.17) is 0 Å². The van der Waals surface area contributed by atoms with Crippen molar-refractivity contribution in [2.75, 3.05) is 6.54 Å². The zero-order valence-electron chi connectivity index (χ0n) is 16.8. The molecule has 3 aromatic rings. The fourth-order valence-electron chi connectivity index (χ4n) is 5.16. The van der Waals surface area contributed by atoms with Crippen LogP contribution >= 0.6 is 11.3 Å². The van der Waals surface area contributed by atoms with Gasteiger partial charge in [0.15, 0.2) is 0 Å². The van der Waals surface area contributed by atoms with Gasteiger partial charge < -0.3 is 10.0 Å². The smallest absolute Gasteiger partial charge is 0.273 e. The van der Waals surface area contributed by atoms with Crippen LogP contribution in [-0.2, 0) is 5.60 Å². The van der Waals surface area contributed by atoms with Gasteiger partial charge >= 0.3 is 0 Å². The van der Waals surface area contributed by atoms with Crippen molar-refractivity contribution < 1.29 is 9.90 Å². The average molecular weight is 420 g/mol. The molecule has 1 saturated carbocycles. The maximum absolute atomic E-state index is 13.4. The van der Waals surface area contributed by atoms with Crippen molar-refractivity contribution in [2.45, 2.75) is 43.7 Å². The summed E-state index contributed by atoms with van der Waals surface area (Å²) in [7, 11) is 0. The topological polar surface area (TPSA) is 66.3 Å². The SMILES string of the molecule is O=C(c1csc(-c2cccnc2)n1)N1CC[C@](O)(c2ccccc2)[C@H]2CCCC[C@H]21.